The van der Waals surface area contributed by atoms with Crippen LogP contribution in [0.4, 0.5) is 0 Å². The predicted octanol–water partition coefficient (Wildman–Crippen LogP) is 2.85. The molecule has 150 valence electrons. The van der Waals surface area contributed by atoms with Crippen LogP contribution in [0.3, 0.4) is 0 Å². The van der Waals surface area contributed by atoms with Gasteiger partial charge in [-0.2, -0.15) is 9.78 Å². The van der Waals surface area contributed by atoms with Gasteiger partial charge in [-0.15, -0.1) is 0 Å². The third kappa shape index (κ3) is 4.07. The maximum atomic E-state index is 12.7. The van der Waals surface area contributed by atoms with Crippen LogP contribution in [0.15, 0.2) is 64.3 Å². The maximum absolute atomic E-state index is 12.7. The summed E-state index contributed by atoms with van der Waals surface area (Å²) in [7, 11) is 4.01. The van der Waals surface area contributed by atoms with E-state index in [1.807, 2.05) is 69.6 Å². The smallest absolute Gasteiger partial charge is 0.271 e. The summed E-state index contributed by atoms with van der Waals surface area (Å²) in [6, 6.07) is 16.4. The van der Waals surface area contributed by atoms with Crippen molar-refractivity contribution in [3.05, 3.63) is 70.5 Å². The molecule has 0 aliphatic carbocycles. The Bertz CT molecular complexity index is 1080. The van der Waals surface area contributed by atoms with Gasteiger partial charge in [0.05, 0.1) is 11.3 Å². The van der Waals surface area contributed by atoms with Crippen LogP contribution in [0, 0.1) is 0 Å². The van der Waals surface area contributed by atoms with Crippen LogP contribution < -0.4 is 10.3 Å². The number of hydrogen-bond acceptors (Lipinski definition) is 5. The van der Waals surface area contributed by atoms with Crippen molar-refractivity contribution in [3.8, 4) is 22.7 Å². The second kappa shape index (κ2) is 8.02. The Morgan fingerprint density at radius 3 is 2.66 bits per heavy atom. The van der Waals surface area contributed by atoms with E-state index in [1.54, 1.807) is 6.07 Å². The van der Waals surface area contributed by atoms with Gasteiger partial charge in [-0.05, 0) is 68.6 Å². The van der Waals surface area contributed by atoms with Crippen molar-refractivity contribution in [2.45, 2.75) is 23.7 Å². The molecule has 0 saturated heterocycles. The van der Waals surface area contributed by atoms with Crippen LogP contribution in [0.1, 0.15) is 12.5 Å². The third-order valence-electron chi connectivity index (χ3n) is 4.73. The van der Waals surface area contributed by atoms with Crippen LogP contribution in [-0.4, -0.2) is 46.0 Å². The summed E-state index contributed by atoms with van der Waals surface area (Å²) in [5, 5.41) is 4.61. The molecule has 1 aromatic heterocycles. The standard InChI is InChI=1S/C22H23N3O3S/c1-15(13-24(2)3)28-18-10-8-17(9-11-18)25-21(26)12-16-14-29(27)20-7-5-4-6-19(20)22(16)23-25/h4-12,15H,13-14H2,1-3H3. The molecule has 29 heavy (non-hydrogen) atoms. The first-order chi connectivity index (χ1) is 13.9. The molecule has 7 heteroatoms. The van der Waals surface area contributed by atoms with Crippen molar-refractivity contribution in [1.82, 2.24) is 14.7 Å². The van der Waals surface area contributed by atoms with Crippen LogP contribution >= 0.6 is 0 Å². The van der Waals surface area contributed by atoms with E-state index in [-0.39, 0.29) is 11.7 Å². The Balaban J connectivity index is 1.66. The van der Waals surface area contributed by atoms with Gasteiger partial charge in [-0.25, -0.2) is 0 Å². The summed E-state index contributed by atoms with van der Waals surface area (Å²) in [5.74, 6) is 1.06. The highest BCUT2D eigenvalue weighted by Gasteiger charge is 2.28. The Hall–Kier alpha value is -2.61. The molecule has 4 rings (SSSR count). The third-order valence-corrected chi connectivity index (χ3v) is 6.15. The second-order valence-electron chi connectivity index (χ2n) is 7.44. The highest BCUT2D eigenvalue weighted by molar-refractivity contribution is 7.90. The topological polar surface area (TPSA) is 70.4 Å². The molecule has 0 amide bonds. The summed E-state index contributed by atoms with van der Waals surface area (Å²) in [6.45, 7) is 2.83. The molecule has 3 aromatic rings. The first-order valence-corrected chi connectivity index (χ1v) is 10.8. The maximum Gasteiger partial charge on any atom is 0.271 e. The van der Waals surface area contributed by atoms with Crippen molar-refractivity contribution in [1.29, 1.82) is 0 Å². The van der Waals surface area contributed by atoms with E-state index < -0.39 is 11.2 Å². The van der Waals surface area contributed by atoms with Gasteiger partial charge in [0.1, 0.15) is 23.3 Å². The van der Waals surface area contributed by atoms with Crippen LogP contribution in [0.25, 0.3) is 16.9 Å². The molecular weight excluding hydrogens is 386 g/mol. The lowest BCUT2D eigenvalue weighted by atomic mass is 10.1. The molecule has 0 radical (unpaired) electrons. The molecule has 0 fully saturated rings. The second-order valence-corrected chi connectivity index (χ2v) is 8.86. The summed E-state index contributed by atoms with van der Waals surface area (Å²) < 4.78 is 19.8. The van der Waals surface area contributed by atoms with E-state index in [9.17, 15) is 9.35 Å². The lowest BCUT2D eigenvalue weighted by molar-refractivity contribution is 0.177. The molecule has 1 aliphatic rings. The number of rotatable bonds is 5. The molecule has 0 bridgehead atoms. The molecule has 2 atom stereocenters. The molecule has 2 heterocycles. The number of hydrogen-bond donors (Lipinski definition) is 0. The first-order valence-electron chi connectivity index (χ1n) is 9.45. The van der Waals surface area contributed by atoms with Crippen molar-refractivity contribution < 1.29 is 9.29 Å². The van der Waals surface area contributed by atoms with Gasteiger partial charge in [0.2, 0.25) is 0 Å². The number of fused-ring (bicyclic) bond motifs is 3. The van der Waals surface area contributed by atoms with E-state index in [0.717, 1.165) is 28.3 Å². The molecule has 6 nitrogen and oxygen atoms in total. The minimum Gasteiger partial charge on any atom is -0.611 e. The van der Waals surface area contributed by atoms with E-state index in [0.29, 0.717) is 17.1 Å². The van der Waals surface area contributed by atoms with Crippen LogP contribution in [0.2, 0.25) is 0 Å². The van der Waals surface area contributed by atoms with Gasteiger partial charge >= 0.3 is 0 Å². The fourth-order valence-electron chi connectivity index (χ4n) is 3.54. The van der Waals surface area contributed by atoms with Crippen molar-refractivity contribution >= 4 is 11.2 Å². The van der Waals surface area contributed by atoms with Crippen molar-refractivity contribution in [2.75, 3.05) is 20.6 Å². The monoisotopic (exact) mass is 409 g/mol. The number of aromatic nitrogens is 2. The lowest BCUT2D eigenvalue weighted by Crippen LogP contribution is -2.28. The van der Waals surface area contributed by atoms with Crippen molar-refractivity contribution in [3.63, 3.8) is 0 Å². The number of nitrogens with zero attached hydrogens (tertiary/aromatic N) is 3. The quantitative estimate of drug-likeness (QED) is 0.606. The predicted molar refractivity (Wildman–Crippen MR) is 114 cm³/mol. The number of likely N-dealkylation sites (N-methyl/N-ethyl adjacent to an activating group) is 1. The Kier molecular flexibility index (Phi) is 5.45. The summed E-state index contributed by atoms with van der Waals surface area (Å²) in [5.41, 5.74) is 2.67. The van der Waals surface area contributed by atoms with Gasteiger partial charge in [0.25, 0.3) is 5.56 Å². The summed E-state index contributed by atoms with van der Waals surface area (Å²) in [4.78, 5) is 15.5. The average molecular weight is 410 g/mol. The van der Waals surface area contributed by atoms with Gasteiger partial charge < -0.3 is 14.2 Å². The van der Waals surface area contributed by atoms with E-state index >= 15 is 0 Å². The zero-order valence-electron chi connectivity index (χ0n) is 16.7. The normalized spacial score (nSPS) is 16.2. The molecule has 1 aliphatic heterocycles. The fraction of sp³-hybridized carbons (Fsp3) is 0.273. The zero-order chi connectivity index (χ0) is 20.5. The highest BCUT2D eigenvalue weighted by Crippen LogP contribution is 2.35. The molecule has 2 unspecified atom stereocenters. The molecule has 0 spiro atoms. The van der Waals surface area contributed by atoms with Gasteiger partial charge in [-0.1, -0.05) is 12.1 Å². The summed E-state index contributed by atoms with van der Waals surface area (Å²) >= 11 is -1.16. The first kappa shape index (κ1) is 19.7. The Labute approximate surface area is 172 Å². The van der Waals surface area contributed by atoms with Gasteiger partial charge in [-0.3, -0.25) is 4.79 Å². The van der Waals surface area contributed by atoms with E-state index in [2.05, 4.69) is 10.00 Å². The van der Waals surface area contributed by atoms with Crippen LogP contribution in [-0.2, 0) is 16.9 Å². The SMILES string of the molecule is CC(CN(C)C)Oc1ccc(-n2nc3c(cc2=O)C[S+]([O-])c2ccccc2-3)cc1. The fourth-order valence-corrected chi connectivity index (χ4v) is 4.84. The largest absolute Gasteiger partial charge is 0.611 e. The molecule has 2 aromatic carbocycles. The highest BCUT2D eigenvalue weighted by atomic mass is 32.2. The Morgan fingerprint density at radius 2 is 1.93 bits per heavy atom. The minimum atomic E-state index is -1.16. The van der Waals surface area contributed by atoms with E-state index in [1.165, 1.54) is 4.68 Å². The zero-order valence-corrected chi connectivity index (χ0v) is 17.5. The Morgan fingerprint density at radius 1 is 1.21 bits per heavy atom. The summed E-state index contributed by atoms with van der Waals surface area (Å²) in [6.07, 6.45) is 0.0535. The van der Waals surface area contributed by atoms with Crippen molar-refractivity contribution in [2.24, 2.45) is 0 Å². The lowest BCUT2D eigenvalue weighted by Gasteiger charge is -2.22. The van der Waals surface area contributed by atoms with Gasteiger partial charge in [0.15, 0.2) is 4.90 Å². The van der Waals surface area contributed by atoms with Crippen LogP contribution in [0.5, 0.6) is 5.75 Å². The number of benzene rings is 2. The minimum absolute atomic E-state index is 0.0535. The molecule has 0 saturated carbocycles. The molecule has 0 N–H and O–H groups in total. The average Bonchev–Trinajstić information content (AvgIpc) is 2.68. The number of ether oxygens (including phenoxy) is 1. The van der Waals surface area contributed by atoms with Gasteiger partial charge in [0, 0.05) is 18.2 Å². The molecular formula is C22H23N3O3S. The van der Waals surface area contributed by atoms with E-state index in [4.69, 9.17) is 4.74 Å².